The number of hydrogen-bond donors (Lipinski definition) is 0. The lowest BCUT2D eigenvalue weighted by Crippen LogP contribution is -2.16. The minimum Gasteiger partial charge on any atom is -0.443 e. The van der Waals surface area contributed by atoms with Gasteiger partial charge in [-0.15, -0.1) is 0 Å². The third-order valence-corrected chi connectivity index (χ3v) is 4.77. The molecule has 120 valence electrons. The van der Waals surface area contributed by atoms with Gasteiger partial charge in [0.25, 0.3) is 0 Å². The molecule has 0 aliphatic heterocycles. The van der Waals surface area contributed by atoms with Gasteiger partial charge in [0.2, 0.25) is 0 Å². The molecule has 0 aliphatic rings. The summed E-state index contributed by atoms with van der Waals surface area (Å²) in [6.07, 6.45) is 10.9. The highest BCUT2D eigenvalue weighted by Crippen LogP contribution is 2.34. The molecule has 2 nitrogen and oxygen atoms in total. The molecule has 22 heavy (non-hydrogen) atoms. The molecule has 0 fully saturated rings. The van der Waals surface area contributed by atoms with Gasteiger partial charge in [0.1, 0.15) is 5.52 Å². The lowest BCUT2D eigenvalue weighted by Gasteiger charge is -2.24. The van der Waals surface area contributed by atoms with E-state index in [-0.39, 0.29) is 5.41 Å². The zero-order valence-electron chi connectivity index (χ0n) is 14.6. The first-order chi connectivity index (χ1) is 10.5. The van der Waals surface area contributed by atoms with Gasteiger partial charge in [0.15, 0.2) is 12.0 Å². The van der Waals surface area contributed by atoms with E-state index in [0.717, 1.165) is 23.9 Å². The molecule has 1 heterocycles. The first kappa shape index (κ1) is 16.8. The van der Waals surface area contributed by atoms with Crippen LogP contribution in [0.1, 0.15) is 77.3 Å². The SMILES string of the molecule is CCCCC=CC(C)c1cc(C(C)(C)CC)cc2ncoc12. The van der Waals surface area contributed by atoms with E-state index in [1.54, 1.807) is 6.39 Å². The molecule has 1 atom stereocenters. The number of nitrogens with zero attached hydrogens (tertiary/aromatic N) is 1. The summed E-state index contributed by atoms with van der Waals surface area (Å²) in [5.41, 5.74) is 4.67. The molecule has 0 bridgehead atoms. The van der Waals surface area contributed by atoms with Crippen LogP contribution in [0, 0.1) is 0 Å². The summed E-state index contributed by atoms with van der Waals surface area (Å²) in [6, 6.07) is 4.49. The van der Waals surface area contributed by atoms with Gasteiger partial charge in [-0.3, -0.25) is 0 Å². The van der Waals surface area contributed by atoms with Crippen molar-refractivity contribution in [1.29, 1.82) is 0 Å². The summed E-state index contributed by atoms with van der Waals surface area (Å²) in [4.78, 5) is 4.39. The molecular formula is C20H29NO. The van der Waals surface area contributed by atoms with Gasteiger partial charge >= 0.3 is 0 Å². The van der Waals surface area contributed by atoms with Gasteiger partial charge in [-0.05, 0) is 29.9 Å². The average molecular weight is 299 g/mol. The first-order valence-electron chi connectivity index (χ1n) is 8.54. The van der Waals surface area contributed by atoms with Crippen molar-refractivity contribution in [2.75, 3.05) is 0 Å². The maximum Gasteiger partial charge on any atom is 0.181 e. The molecule has 0 aliphatic carbocycles. The second kappa shape index (κ2) is 7.13. The summed E-state index contributed by atoms with van der Waals surface area (Å²) in [7, 11) is 0. The lowest BCUT2D eigenvalue weighted by atomic mass is 9.80. The number of allylic oxidation sites excluding steroid dienone is 2. The van der Waals surface area contributed by atoms with Crippen molar-refractivity contribution in [3.05, 3.63) is 41.8 Å². The van der Waals surface area contributed by atoms with Crippen LogP contribution >= 0.6 is 0 Å². The molecule has 2 heteroatoms. The standard InChI is InChI=1S/C20H29NO/c1-6-8-9-10-11-15(3)17-12-16(20(4,5)7-2)13-18-19(17)22-14-21-18/h10-15H,6-9H2,1-5H3. The Kier molecular flexibility index (Phi) is 5.44. The van der Waals surface area contributed by atoms with Crippen molar-refractivity contribution in [2.45, 2.75) is 71.6 Å². The second-order valence-corrected chi connectivity index (χ2v) is 6.86. The fourth-order valence-electron chi connectivity index (χ4n) is 2.65. The van der Waals surface area contributed by atoms with E-state index in [0.29, 0.717) is 5.92 Å². The highest BCUT2D eigenvalue weighted by atomic mass is 16.3. The number of benzene rings is 1. The summed E-state index contributed by atoms with van der Waals surface area (Å²) < 4.78 is 5.65. The molecule has 0 saturated carbocycles. The van der Waals surface area contributed by atoms with Crippen LogP contribution in [0.25, 0.3) is 11.1 Å². The maximum atomic E-state index is 5.65. The number of hydrogen-bond acceptors (Lipinski definition) is 2. The largest absolute Gasteiger partial charge is 0.443 e. The van der Waals surface area contributed by atoms with Crippen LogP contribution in [-0.2, 0) is 5.41 Å². The number of aromatic nitrogens is 1. The predicted octanol–water partition coefficient (Wildman–Crippen LogP) is 6.37. The molecular weight excluding hydrogens is 270 g/mol. The first-order valence-corrected chi connectivity index (χ1v) is 8.54. The van der Waals surface area contributed by atoms with Crippen molar-refractivity contribution in [3.63, 3.8) is 0 Å². The number of oxazole rings is 1. The van der Waals surface area contributed by atoms with Gasteiger partial charge in [-0.25, -0.2) is 4.98 Å². The quantitative estimate of drug-likeness (QED) is 0.439. The molecule has 0 amide bonds. The Morgan fingerprint density at radius 3 is 2.73 bits per heavy atom. The van der Waals surface area contributed by atoms with E-state index in [9.17, 15) is 0 Å². The third-order valence-electron chi connectivity index (χ3n) is 4.77. The topological polar surface area (TPSA) is 26.0 Å². The third kappa shape index (κ3) is 3.60. The fourth-order valence-corrected chi connectivity index (χ4v) is 2.65. The lowest BCUT2D eigenvalue weighted by molar-refractivity contribution is 0.505. The highest BCUT2D eigenvalue weighted by Gasteiger charge is 2.22. The van der Waals surface area contributed by atoms with E-state index in [4.69, 9.17) is 4.42 Å². The Labute approximate surface area is 134 Å². The van der Waals surface area contributed by atoms with Crippen LogP contribution in [-0.4, -0.2) is 4.98 Å². The summed E-state index contributed by atoms with van der Waals surface area (Å²) in [5, 5.41) is 0. The van der Waals surface area contributed by atoms with E-state index < -0.39 is 0 Å². The second-order valence-electron chi connectivity index (χ2n) is 6.86. The molecule has 1 aromatic carbocycles. The van der Waals surface area contributed by atoms with E-state index in [1.165, 1.54) is 24.0 Å². The molecule has 0 radical (unpaired) electrons. The normalized spacial score (nSPS) is 14.0. The van der Waals surface area contributed by atoms with Gasteiger partial charge in [0.05, 0.1) is 0 Å². The van der Waals surface area contributed by atoms with Crippen LogP contribution in [0.15, 0.2) is 35.1 Å². The number of rotatable bonds is 7. The summed E-state index contributed by atoms with van der Waals surface area (Å²) in [6.45, 7) is 11.3. The van der Waals surface area contributed by atoms with Crippen LogP contribution in [0.4, 0.5) is 0 Å². The van der Waals surface area contributed by atoms with Gasteiger partial charge in [0, 0.05) is 11.5 Å². The minimum atomic E-state index is 0.160. The smallest absolute Gasteiger partial charge is 0.181 e. The van der Waals surface area contributed by atoms with Crippen molar-refractivity contribution in [1.82, 2.24) is 4.98 Å². The van der Waals surface area contributed by atoms with Gasteiger partial charge in [-0.2, -0.15) is 0 Å². The number of unbranched alkanes of at least 4 members (excludes halogenated alkanes) is 2. The Hall–Kier alpha value is -1.57. The van der Waals surface area contributed by atoms with Crippen LogP contribution < -0.4 is 0 Å². The zero-order valence-corrected chi connectivity index (χ0v) is 14.6. The Morgan fingerprint density at radius 1 is 1.27 bits per heavy atom. The minimum absolute atomic E-state index is 0.160. The Bertz CT molecular complexity index is 636. The zero-order chi connectivity index (χ0) is 16.2. The molecule has 1 unspecified atom stereocenters. The van der Waals surface area contributed by atoms with Crippen molar-refractivity contribution in [2.24, 2.45) is 0 Å². The molecule has 0 spiro atoms. The summed E-state index contributed by atoms with van der Waals surface area (Å²) >= 11 is 0. The van der Waals surface area contributed by atoms with E-state index in [2.05, 4.69) is 63.9 Å². The van der Waals surface area contributed by atoms with Gasteiger partial charge in [-0.1, -0.05) is 65.7 Å². The Balaban J connectivity index is 2.39. The molecule has 0 saturated heterocycles. The van der Waals surface area contributed by atoms with Gasteiger partial charge < -0.3 is 4.42 Å². The van der Waals surface area contributed by atoms with E-state index >= 15 is 0 Å². The molecule has 2 rings (SSSR count). The predicted molar refractivity (Wildman–Crippen MR) is 94.4 cm³/mol. The van der Waals surface area contributed by atoms with Crippen molar-refractivity contribution < 1.29 is 4.42 Å². The van der Waals surface area contributed by atoms with Crippen LogP contribution in [0.2, 0.25) is 0 Å². The van der Waals surface area contributed by atoms with E-state index in [1.807, 2.05) is 0 Å². The fraction of sp³-hybridized carbons (Fsp3) is 0.550. The average Bonchev–Trinajstić information content (AvgIpc) is 2.98. The van der Waals surface area contributed by atoms with Crippen molar-refractivity contribution >= 4 is 11.1 Å². The van der Waals surface area contributed by atoms with Crippen LogP contribution in [0.3, 0.4) is 0 Å². The maximum absolute atomic E-state index is 5.65. The molecule has 2 aromatic rings. The summed E-state index contributed by atoms with van der Waals surface area (Å²) in [5.74, 6) is 0.347. The van der Waals surface area contributed by atoms with Crippen LogP contribution in [0.5, 0.6) is 0 Å². The van der Waals surface area contributed by atoms with Crippen molar-refractivity contribution in [3.8, 4) is 0 Å². The Morgan fingerprint density at radius 2 is 2.05 bits per heavy atom. The molecule has 1 aromatic heterocycles. The monoisotopic (exact) mass is 299 g/mol. The highest BCUT2D eigenvalue weighted by molar-refractivity contribution is 5.78. The molecule has 0 N–H and O–H groups in total. The number of fused-ring (bicyclic) bond motifs is 1.